The van der Waals surface area contributed by atoms with Crippen molar-refractivity contribution in [3.63, 3.8) is 0 Å². The lowest BCUT2D eigenvalue weighted by Gasteiger charge is -2.18. The molecule has 22 heavy (non-hydrogen) atoms. The van der Waals surface area contributed by atoms with Crippen molar-refractivity contribution >= 4 is 17.5 Å². The van der Waals surface area contributed by atoms with Gasteiger partial charge in [0.05, 0.1) is 6.04 Å². The molecule has 2 rings (SSSR count). The van der Waals surface area contributed by atoms with Crippen LogP contribution in [-0.4, -0.2) is 12.5 Å². The Morgan fingerprint density at radius 2 is 1.95 bits per heavy atom. The van der Waals surface area contributed by atoms with Crippen molar-refractivity contribution in [1.29, 1.82) is 0 Å². The maximum Gasteiger partial charge on any atom is 0.258 e. The molecule has 0 radical (unpaired) electrons. The molecular weight excluding hydrogens is 298 g/mol. The normalized spacial score (nSPS) is 11.8. The summed E-state index contributed by atoms with van der Waals surface area (Å²) in [7, 11) is 0. The molecule has 0 bridgehead atoms. The van der Waals surface area contributed by atoms with Crippen molar-refractivity contribution in [3.8, 4) is 5.75 Å². The molecule has 1 atom stereocenters. The summed E-state index contributed by atoms with van der Waals surface area (Å²) in [6, 6.07) is 15.2. The van der Waals surface area contributed by atoms with Crippen LogP contribution in [0.15, 0.2) is 48.5 Å². The minimum Gasteiger partial charge on any atom is -0.484 e. The van der Waals surface area contributed by atoms with Gasteiger partial charge in [0, 0.05) is 5.02 Å². The van der Waals surface area contributed by atoms with E-state index in [1.807, 2.05) is 38.1 Å². The van der Waals surface area contributed by atoms with E-state index < -0.39 is 0 Å². The number of carbonyl (C=O) groups excluding carboxylic acids is 1. The van der Waals surface area contributed by atoms with Crippen molar-refractivity contribution in [1.82, 2.24) is 5.32 Å². The molecule has 3 nitrogen and oxygen atoms in total. The van der Waals surface area contributed by atoms with Crippen LogP contribution in [0.1, 0.15) is 30.5 Å². The van der Waals surface area contributed by atoms with Crippen LogP contribution >= 0.6 is 11.6 Å². The lowest BCUT2D eigenvalue weighted by atomic mass is 10.0. The average Bonchev–Trinajstić information content (AvgIpc) is 2.52. The predicted octanol–water partition coefficient (Wildman–Crippen LogP) is 4.29. The SMILES string of the molecule is CC[C@@H](NC(=O)COc1cccc(Cl)c1)c1ccc(C)cc1. The number of benzene rings is 2. The number of aryl methyl sites for hydroxylation is 1. The monoisotopic (exact) mass is 317 g/mol. The lowest BCUT2D eigenvalue weighted by Crippen LogP contribution is -2.32. The van der Waals surface area contributed by atoms with Gasteiger partial charge in [0.2, 0.25) is 0 Å². The molecule has 0 spiro atoms. The second kappa shape index (κ2) is 7.85. The fourth-order valence-electron chi connectivity index (χ4n) is 2.16. The third kappa shape index (κ3) is 4.78. The van der Waals surface area contributed by atoms with E-state index in [0.717, 1.165) is 12.0 Å². The summed E-state index contributed by atoms with van der Waals surface area (Å²) in [4.78, 5) is 12.0. The molecule has 1 amide bonds. The van der Waals surface area contributed by atoms with Crippen LogP contribution in [-0.2, 0) is 4.79 Å². The Bertz CT molecular complexity index is 625. The Morgan fingerprint density at radius 3 is 2.59 bits per heavy atom. The van der Waals surface area contributed by atoms with Gasteiger partial charge >= 0.3 is 0 Å². The third-order valence-electron chi connectivity index (χ3n) is 3.39. The van der Waals surface area contributed by atoms with E-state index in [2.05, 4.69) is 5.32 Å². The van der Waals surface area contributed by atoms with Gasteiger partial charge in [0.1, 0.15) is 5.75 Å². The van der Waals surface area contributed by atoms with E-state index in [9.17, 15) is 4.79 Å². The molecule has 0 aliphatic carbocycles. The molecule has 116 valence electrons. The summed E-state index contributed by atoms with van der Waals surface area (Å²) in [6.07, 6.45) is 0.825. The molecule has 0 aliphatic heterocycles. The van der Waals surface area contributed by atoms with Crippen LogP contribution < -0.4 is 10.1 Å². The molecule has 2 aromatic rings. The van der Waals surface area contributed by atoms with Crippen molar-refractivity contribution < 1.29 is 9.53 Å². The van der Waals surface area contributed by atoms with E-state index >= 15 is 0 Å². The largest absolute Gasteiger partial charge is 0.484 e. The van der Waals surface area contributed by atoms with Gasteiger partial charge < -0.3 is 10.1 Å². The number of hydrogen-bond acceptors (Lipinski definition) is 2. The van der Waals surface area contributed by atoms with Crippen molar-refractivity contribution in [2.24, 2.45) is 0 Å². The number of carbonyl (C=O) groups is 1. The molecule has 0 aliphatic rings. The Hall–Kier alpha value is -2.00. The lowest BCUT2D eigenvalue weighted by molar-refractivity contribution is -0.123. The fourth-order valence-corrected chi connectivity index (χ4v) is 2.34. The van der Waals surface area contributed by atoms with E-state index in [4.69, 9.17) is 16.3 Å². The quantitative estimate of drug-likeness (QED) is 0.863. The Kier molecular flexibility index (Phi) is 5.84. The molecule has 0 aromatic heterocycles. The molecule has 1 N–H and O–H groups in total. The third-order valence-corrected chi connectivity index (χ3v) is 3.62. The van der Waals surface area contributed by atoms with Crippen molar-refractivity contribution in [2.45, 2.75) is 26.3 Å². The van der Waals surface area contributed by atoms with Gasteiger partial charge in [-0.05, 0) is 37.1 Å². The highest BCUT2D eigenvalue weighted by Gasteiger charge is 2.13. The number of nitrogens with one attached hydrogen (secondary N) is 1. The summed E-state index contributed by atoms with van der Waals surface area (Å²) in [5.41, 5.74) is 2.30. The second-order valence-electron chi connectivity index (χ2n) is 5.19. The average molecular weight is 318 g/mol. The van der Waals surface area contributed by atoms with E-state index in [1.165, 1.54) is 5.56 Å². The zero-order valence-electron chi connectivity index (χ0n) is 12.8. The number of hydrogen-bond donors (Lipinski definition) is 1. The van der Waals surface area contributed by atoms with Gasteiger partial charge in [-0.15, -0.1) is 0 Å². The number of halogens is 1. The smallest absolute Gasteiger partial charge is 0.258 e. The summed E-state index contributed by atoms with van der Waals surface area (Å²) in [5, 5.41) is 3.58. The minimum atomic E-state index is -0.146. The fraction of sp³-hybridized carbons (Fsp3) is 0.278. The highest BCUT2D eigenvalue weighted by molar-refractivity contribution is 6.30. The van der Waals surface area contributed by atoms with E-state index in [0.29, 0.717) is 10.8 Å². The maximum atomic E-state index is 12.0. The van der Waals surface area contributed by atoms with Crippen LogP contribution in [0.3, 0.4) is 0 Å². The molecule has 2 aromatic carbocycles. The molecule has 0 unspecified atom stereocenters. The zero-order valence-corrected chi connectivity index (χ0v) is 13.6. The van der Waals surface area contributed by atoms with Gasteiger partial charge in [0.25, 0.3) is 5.91 Å². The van der Waals surface area contributed by atoms with Crippen molar-refractivity contribution in [3.05, 3.63) is 64.7 Å². The van der Waals surface area contributed by atoms with Gasteiger partial charge in [-0.3, -0.25) is 4.79 Å². The first-order valence-electron chi connectivity index (χ1n) is 7.32. The Balaban J connectivity index is 1.90. The molecule has 0 saturated carbocycles. The summed E-state index contributed by atoms with van der Waals surface area (Å²) in [5.74, 6) is 0.443. The first kappa shape index (κ1) is 16.4. The van der Waals surface area contributed by atoms with Gasteiger partial charge in [0.15, 0.2) is 6.61 Å². The van der Waals surface area contributed by atoms with Gasteiger partial charge in [-0.25, -0.2) is 0 Å². The molecule has 4 heteroatoms. The maximum absolute atomic E-state index is 12.0. The zero-order chi connectivity index (χ0) is 15.9. The van der Waals surface area contributed by atoms with Crippen LogP contribution in [0, 0.1) is 6.92 Å². The van der Waals surface area contributed by atoms with E-state index in [-0.39, 0.29) is 18.6 Å². The summed E-state index contributed by atoms with van der Waals surface area (Å²) in [6.45, 7) is 4.06. The predicted molar refractivity (Wildman–Crippen MR) is 89.3 cm³/mol. The van der Waals surface area contributed by atoms with Crippen LogP contribution in [0.2, 0.25) is 5.02 Å². The Morgan fingerprint density at radius 1 is 1.23 bits per heavy atom. The highest BCUT2D eigenvalue weighted by Crippen LogP contribution is 2.18. The molecule has 0 heterocycles. The van der Waals surface area contributed by atoms with Crippen LogP contribution in [0.5, 0.6) is 5.75 Å². The summed E-state index contributed by atoms with van der Waals surface area (Å²) >= 11 is 5.88. The second-order valence-corrected chi connectivity index (χ2v) is 5.62. The Labute approximate surface area is 136 Å². The number of amides is 1. The number of rotatable bonds is 6. The summed E-state index contributed by atoms with van der Waals surface area (Å²) < 4.78 is 5.45. The molecular formula is C18H20ClNO2. The van der Waals surface area contributed by atoms with E-state index in [1.54, 1.807) is 24.3 Å². The van der Waals surface area contributed by atoms with Crippen LogP contribution in [0.4, 0.5) is 0 Å². The van der Waals surface area contributed by atoms with Crippen LogP contribution in [0.25, 0.3) is 0 Å². The standard InChI is InChI=1S/C18H20ClNO2/c1-3-17(14-9-7-13(2)8-10-14)20-18(21)12-22-16-6-4-5-15(19)11-16/h4-11,17H,3,12H2,1-2H3,(H,20,21)/t17-/m1/s1. The van der Waals surface area contributed by atoms with Gasteiger partial charge in [-0.1, -0.05) is 54.4 Å². The van der Waals surface area contributed by atoms with Gasteiger partial charge in [-0.2, -0.15) is 0 Å². The topological polar surface area (TPSA) is 38.3 Å². The first-order chi connectivity index (χ1) is 10.6. The minimum absolute atomic E-state index is 0.00365. The first-order valence-corrected chi connectivity index (χ1v) is 7.70. The number of ether oxygens (including phenoxy) is 1. The highest BCUT2D eigenvalue weighted by atomic mass is 35.5. The van der Waals surface area contributed by atoms with Crippen molar-refractivity contribution in [2.75, 3.05) is 6.61 Å². The molecule has 0 fully saturated rings. The molecule has 0 saturated heterocycles.